The quantitative estimate of drug-likeness (QED) is 0.897. The Morgan fingerprint density at radius 1 is 1.47 bits per heavy atom. The first-order chi connectivity index (χ1) is 8.28. The average molecular weight is 244 g/mol. The van der Waals surface area contributed by atoms with Crippen LogP contribution in [0.1, 0.15) is 16.3 Å². The minimum atomic E-state index is 0.575. The molecule has 0 fully saturated rings. The van der Waals surface area contributed by atoms with E-state index in [1.165, 1.54) is 0 Å². The maximum Gasteiger partial charge on any atom is 0.125 e. The maximum absolute atomic E-state index is 8.64. The van der Waals surface area contributed by atoms with Crippen LogP contribution in [0.4, 0.5) is 5.82 Å². The van der Waals surface area contributed by atoms with Crippen LogP contribution in [0, 0.1) is 18.3 Å². The minimum absolute atomic E-state index is 0.575. The molecular formula is C12H12N4S. The lowest BCUT2D eigenvalue weighted by Crippen LogP contribution is -2.06. The van der Waals surface area contributed by atoms with Gasteiger partial charge in [0.2, 0.25) is 0 Å². The zero-order valence-electron chi connectivity index (χ0n) is 9.47. The fourth-order valence-electron chi connectivity index (χ4n) is 1.38. The molecule has 2 aromatic rings. The van der Waals surface area contributed by atoms with E-state index in [0.717, 1.165) is 29.5 Å². The van der Waals surface area contributed by atoms with Crippen molar-refractivity contribution in [1.82, 2.24) is 9.97 Å². The molecule has 2 rings (SSSR count). The highest BCUT2D eigenvalue weighted by Crippen LogP contribution is 2.10. The summed E-state index contributed by atoms with van der Waals surface area (Å²) in [5.74, 6) is 0.789. The number of hydrogen-bond acceptors (Lipinski definition) is 5. The number of anilines is 1. The normalized spacial score (nSPS) is 9.88. The Hall–Kier alpha value is -1.93. The summed E-state index contributed by atoms with van der Waals surface area (Å²) in [6, 6.07) is 5.60. The third-order valence-corrected chi connectivity index (χ3v) is 3.23. The van der Waals surface area contributed by atoms with E-state index >= 15 is 0 Å². The van der Waals surface area contributed by atoms with E-state index in [0.29, 0.717) is 5.56 Å². The second-order valence-corrected chi connectivity index (χ2v) is 4.55. The molecule has 0 aliphatic heterocycles. The molecule has 2 aromatic heterocycles. The number of rotatable bonds is 4. The summed E-state index contributed by atoms with van der Waals surface area (Å²) in [6.07, 6.45) is 2.45. The minimum Gasteiger partial charge on any atom is -0.370 e. The molecule has 5 heteroatoms. The summed E-state index contributed by atoms with van der Waals surface area (Å²) in [4.78, 5) is 8.52. The molecule has 0 atom stereocenters. The van der Waals surface area contributed by atoms with Crippen LogP contribution in [0.3, 0.4) is 0 Å². The number of nitriles is 1. The monoisotopic (exact) mass is 244 g/mol. The highest BCUT2D eigenvalue weighted by molar-refractivity contribution is 7.09. The molecule has 0 spiro atoms. The third-order valence-electron chi connectivity index (χ3n) is 2.20. The van der Waals surface area contributed by atoms with Crippen molar-refractivity contribution in [1.29, 1.82) is 5.26 Å². The number of nitrogens with one attached hydrogen (secondary N) is 1. The van der Waals surface area contributed by atoms with Gasteiger partial charge in [-0.3, -0.25) is 0 Å². The summed E-state index contributed by atoms with van der Waals surface area (Å²) in [6.45, 7) is 2.79. The van der Waals surface area contributed by atoms with Crippen LogP contribution < -0.4 is 5.32 Å². The van der Waals surface area contributed by atoms with Gasteiger partial charge in [0.25, 0.3) is 0 Å². The molecular weight excluding hydrogens is 232 g/mol. The smallest absolute Gasteiger partial charge is 0.125 e. The van der Waals surface area contributed by atoms with Gasteiger partial charge in [0.15, 0.2) is 0 Å². The fraction of sp³-hybridized carbons (Fsp3) is 0.250. The van der Waals surface area contributed by atoms with Crippen molar-refractivity contribution in [3.05, 3.63) is 40.0 Å². The molecule has 1 N–H and O–H groups in total. The van der Waals surface area contributed by atoms with Crippen LogP contribution in [0.25, 0.3) is 0 Å². The number of thiazole rings is 1. The van der Waals surface area contributed by atoms with E-state index in [4.69, 9.17) is 5.26 Å². The number of nitrogens with zero attached hydrogens (tertiary/aromatic N) is 3. The first-order valence-corrected chi connectivity index (χ1v) is 6.17. The van der Waals surface area contributed by atoms with Gasteiger partial charge in [-0.2, -0.15) is 5.26 Å². The third kappa shape index (κ3) is 3.26. The number of aryl methyl sites for hydroxylation is 1. The van der Waals surface area contributed by atoms with Crippen molar-refractivity contribution in [2.24, 2.45) is 0 Å². The molecule has 0 radical (unpaired) electrons. The van der Waals surface area contributed by atoms with E-state index in [1.807, 2.05) is 19.1 Å². The van der Waals surface area contributed by atoms with E-state index in [-0.39, 0.29) is 0 Å². The molecule has 2 heterocycles. The second kappa shape index (κ2) is 5.41. The van der Waals surface area contributed by atoms with Gasteiger partial charge in [-0.1, -0.05) is 0 Å². The van der Waals surface area contributed by atoms with Crippen LogP contribution in [-0.4, -0.2) is 16.5 Å². The molecule has 86 valence electrons. The van der Waals surface area contributed by atoms with Crippen molar-refractivity contribution < 1.29 is 0 Å². The Labute approximate surface area is 104 Å². The van der Waals surface area contributed by atoms with Gasteiger partial charge in [-0.15, -0.1) is 11.3 Å². The van der Waals surface area contributed by atoms with Gasteiger partial charge < -0.3 is 5.32 Å². The summed E-state index contributed by atoms with van der Waals surface area (Å²) in [5.41, 5.74) is 1.65. The largest absolute Gasteiger partial charge is 0.370 e. The topological polar surface area (TPSA) is 61.6 Å². The first kappa shape index (κ1) is 11.6. The lowest BCUT2D eigenvalue weighted by Gasteiger charge is -2.03. The molecule has 17 heavy (non-hydrogen) atoms. The summed E-state index contributed by atoms with van der Waals surface area (Å²) < 4.78 is 0. The lowest BCUT2D eigenvalue weighted by atomic mass is 10.3. The number of hydrogen-bond donors (Lipinski definition) is 1. The summed E-state index contributed by atoms with van der Waals surface area (Å²) in [5, 5.41) is 15.0. The van der Waals surface area contributed by atoms with Crippen LogP contribution in [0.5, 0.6) is 0 Å². The lowest BCUT2D eigenvalue weighted by molar-refractivity contribution is 0.977. The van der Waals surface area contributed by atoms with E-state index in [2.05, 4.69) is 20.7 Å². The van der Waals surface area contributed by atoms with Crippen molar-refractivity contribution >= 4 is 17.2 Å². The highest BCUT2D eigenvalue weighted by Gasteiger charge is 1.99. The zero-order valence-corrected chi connectivity index (χ0v) is 10.3. The predicted octanol–water partition coefficient (Wildman–Crippen LogP) is 2.37. The maximum atomic E-state index is 8.64. The molecule has 0 amide bonds. The number of pyridine rings is 1. The summed E-state index contributed by atoms with van der Waals surface area (Å²) >= 11 is 1.68. The van der Waals surface area contributed by atoms with Crippen molar-refractivity contribution in [2.45, 2.75) is 13.3 Å². The Balaban J connectivity index is 1.84. The van der Waals surface area contributed by atoms with Gasteiger partial charge in [0.05, 0.1) is 10.6 Å². The van der Waals surface area contributed by atoms with Crippen LogP contribution in [0.2, 0.25) is 0 Å². The van der Waals surface area contributed by atoms with Gasteiger partial charge >= 0.3 is 0 Å². The van der Waals surface area contributed by atoms with E-state index < -0.39 is 0 Å². The van der Waals surface area contributed by atoms with E-state index in [9.17, 15) is 0 Å². The van der Waals surface area contributed by atoms with Gasteiger partial charge in [0.1, 0.15) is 11.9 Å². The highest BCUT2D eigenvalue weighted by atomic mass is 32.1. The molecule has 4 nitrogen and oxygen atoms in total. The molecule has 0 unspecified atom stereocenters. The fourth-order valence-corrected chi connectivity index (χ4v) is 2.16. The molecule has 0 bridgehead atoms. The van der Waals surface area contributed by atoms with Crippen molar-refractivity contribution in [2.75, 3.05) is 11.9 Å². The molecule has 0 aliphatic rings. The standard InChI is InChI=1S/C12H12N4S/c1-9-8-17-12(16-9)4-5-14-11-3-2-10(6-13)7-15-11/h2-3,7-8H,4-5H2,1H3,(H,14,15). The van der Waals surface area contributed by atoms with Crippen LogP contribution >= 0.6 is 11.3 Å². The van der Waals surface area contributed by atoms with Crippen molar-refractivity contribution in [3.63, 3.8) is 0 Å². The van der Waals surface area contributed by atoms with Gasteiger partial charge in [0, 0.05) is 30.2 Å². The second-order valence-electron chi connectivity index (χ2n) is 3.60. The molecule has 0 aromatic carbocycles. The van der Waals surface area contributed by atoms with Crippen LogP contribution in [-0.2, 0) is 6.42 Å². The number of aromatic nitrogens is 2. The van der Waals surface area contributed by atoms with Gasteiger partial charge in [-0.25, -0.2) is 9.97 Å². The van der Waals surface area contributed by atoms with Gasteiger partial charge in [-0.05, 0) is 19.1 Å². The van der Waals surface area contributed by atoms with E-state index in [1.54, 1.807) is 23.6 Å². The van der Waals surface area contributed by atoms with Crippen LogP contribution in [0.15, 0.2) is 23.7 Å². The Morgan fingerprint density at radius 3 is 2.94 bits per heavy atom. The molecule has 0 aliphatic carbocycles. The molecule has 0 saturated heterocycles. The Bertz CT molecular complexity index is 524. The SMILES string of the molecule is Cc1csc(CCNc2ccc(C#N)cn2)n1. The first-order valence-electron chi connectivity index (χ1n) is 5.29. The summed E-state index contributed by atoms with van der Waals surface area (Å²) in [7, 11) is 0. The zero-order chi connectivity index (χ0) is 12.1. The predicted molar refractivity (Wildman–Crippen MR) is 68.0 cm³/mol. The average Bonchev–Trinajstić information content (AvgIpc) is 2.76. The Kier molecular flexibility index (Phi) is 3.68. The Morgan fingerprint density at radius 2 is 2.35 bits per heavy atom. The molecule has 0 saturated carbocycles. The van der Waals surface area contributed by atoms with Crippen molar-refractivity contribution in [3.8, 4) is 6.07 Å².